The van der Waals surface area contributed by atoms with Crippen molar-refractivity contribution in [3.05, 3.63) is 84.2 Å². The van der Waals surface area contributed by atoms with Crippen LogP contribution in [0.3, 0.4) is 0 Å². The fourth-order valence-corrected chi connectivity index (χ4v) is 3.79. The average molecular weight is 446 g/mol. The van der Waals surface area contributed by atoms with E-state index in [0.29, 0.717) is 32.2 Å². The van der Waals surface area contributed by atoms with E-state index in [1.54, 1.807) is 17.7 Å². The molecule has 9 heteroatoms. The van der Waals surface area contributed by atoms with E-state index in [1.165, 1.54) is 18.5 Å². The Hall–Kier alpha value is -3.82. The van der Waals surface area contributed by atoms with Crippen molar-refractivity contribution in [3.8, 4) is 0 Å². The summed E-state index contributed by atoms with van der Waals surface area (Å²) in [7, 11) is 1.65. The Morgan fingerprint density at radius 1 is 1.06 bits per heavy atom. The minimum absolute atomic E-state index is 0.250. The third-order valence-electron chi connectivity index (χ3n) is 5.35. The minimum Gasteiger partial charge on any atom is -0.382 e. The van der Waals surface area contributed by atoms with Crippen molar-refractivity contribution in [3.63, 3.8) is 0 Å². The summed E-state index contributed by atoms with van der Waals surface area (Å²) in [6.45, 7) is 1.99. The Morgan fingerprint density at radius 3 is 2.88 bits per heavy atom. The van der Waals surface area contributed by atoms with Crippen LogP contribution < -0.4 is 5.32 Å². The predicted octanol–water partition coefficient (Wildman–Crippen LogP) is 4.17. The lowest BCUT2D eigenvalue weighted by Crippen LogP contribution is -2.04. The Bertz CT molecular complexity index is 1400. The molecule has 0 aliphatic heterocycles. The molecule has 0 radical (unpaired) electrons. The van der Waals surface area contributed by atoms with Crippen molar-refractivity contribution in [2.45, 2.75) is 13.2 Å². The molecule has 0 aliphatic rings. The van der Waals surface area contributed by atoms with E-state index in [0.717, 1.165) is 33.2 Å². The number of nitrogens with one attached hydrogen (secondary N) is 1. The van der Waals surface area contributed by atoms with Gasteiger partial charge in [0.1, 0.15) is 17.7 Å². The van der Waals surface area contributed by atoms with E-state index < -0.39 is 0 Å². The van der Waals surface area contributed by atoms with E-state index in [9.17, 15) is 4.39 Å². The monoisotopic (exact) mass is 446 g/mol. The minimum atomic E-state index is -0.250. The lowest BCUT2D eigenvalue weighted by Gasteiger charge is -2.10. The maximum atomic E-state index is 13.5. The van der Waals surface area contributed by atoms with E-state index in [1.807, 2.05) is 47.4 Å². The number of nitrogens with zero attached hydrogens (tertiary/aromatic N) is 5. The van der Waals surface area contributed by atoms with Crippen LogP contribution >= 0.6 is 0 Å². The summed E-state index contributed by atoms with van der Waals surface area (Å²) in [5.41, 5.74) is 4.54. The zero-order chi connectivity index (χ0) is 22.6. The number of hydrogen-bond donors (Lipinski definition) is 1. The van der Waals surface area contributed by atoms with Gasteiger partial charge in [0.05, 0.1) is 38.1 Å². The van der Waals surface area contributed by atoms with Crippen molar-refractivity contribution < 1.29 is 13.9 Å². The average Bonchev–Trinajstić information content (AvgIpc) is 3.41. The van der Waals surface area contributed by atoms with Crippen molar-refractivity contribution in [1.82, 2.24) is 24.4 Å². The highest BCUT2D eigenvalue weighted by Crippen LogP contribution is 2.26. The van der Waals surface area contributed by atoms with Gasteiger partial charge in [0, 0.05) is 29.9 Å². The van der Waals surface area contributed by atoms with Crippen molar-refractivity contribution in [2.24, 2.45) is 0 Å². The molecule has 3 aromatic heterocycles. The third-order valence-corrected chi connectivity index (χ3v) is 5.35. The molecule has 1 N–H and O–H groups in total. The fourth-order valence-electron chi connectivity index (χ4n) is 3.79. The molecule has 5 aromatic rings. The number of rotatable bonds is 9. The number of benzene rings is 2. The van der Waals surface area contributed by atoms with Gasteiger partial charge in [-0.1, -0.05) is 12.1 Å². The quantitative estimate of drug-likeness (QED) is 0.343. The first kappa shape index (κ1) is 21.0. The third kappa shape index (κ3) is 4.55. The highest BCUT2D eigenvalue weighted by Gasteiger charge is 2.12. The highest BCUT2D eigenvalue weighted by atomic mass is 19.1. The molecule has 0 spiro atoms. The summed E-state index contributed by atoms with van der Waals surface area (Å²) in [5.74, 6) is 0.437. The Kier molecular flexibility index (Phi) is 5.97. The number of aromatic nitrogens is 5. The molecule has 0 bridgehead atoms. The number of halogens is 1. The van der Waals surface area contributed by atoms with Crippen LogP contribution in [0.2, 0.25) is 0 Å². The van der Waals surface area contributed by atoms with E-state index >= 15 is 0 Å². The van der Waals surface area contributed by atoms with Crippen LogP contribution in [-0.2, 0) is 22.6 Å². The maximum absolute atomic E-state index is 13.5. The molecular weight excluding hydrogens is 423 g/mol. The smallest absolute Gasteiger partial charge is 0.158 e. The van der Waals surface area contributed by atoms with Gasteiger partial charge in [0.25, 0.3) is 0 Å². The summed E-state index contributed by atoms with van der Waals surface area (Å²) in [4.78, 5) is 4.45. The van der Waals surface area contributed by atoms with Crippen LogP contribution in [0.1, 0.15) is 11.1 Å². The standard InChI is InChI=1S/C24H23FN6O2/c1-32-9-10-33-15-18-7-8-30-23(18)24(26-16-28-30)29-21-5-6-22-19(12-21)13-27-31(22)14-17-3-2-4-20(25)11-17/h2-8,11-13,16H,9-10,14-15H2,1H3,(H,26,28,29). The second-order valence-electron chi connectivity index (χ2n) is 7.62. The van der Waals surface area contributed by atoms with Gasteiger partial charge in [-0.25, -0.2) is 13.9 Å². The van der Waals surface area contributed by atoms with Crippen molar-refractivity contribution >= 4 is 27.9 Å². The van der Waals surface area contributed by atoms with Crippen LogP contribution in [0.4, 0.5) is 15.9 Å². The Balaban J connectivity index is 1.38. The SMILES string of the molecule is COCCOCc1ccn2ncnc(Nc3ccc4c(cnn4Cc4cccc(F)c4)c3)c12. The lowest BCUT2D eigenvalue weighted by atomic mass is 10.2. The highest BCUT2D eigenvalue weighted by molar-refractivity contribution is 5.85. The topological polar surface area (TPSA) is 78.5 Å². The Morgan fingerprint density at radius 2 is 2.00 bits per heavy atom. The summed E-state index contributed by atoms with van der Waals surface area (Å²) in [6.07, 6.45) is 5.21. The van der Waals surface area contributed by atoms with Gasteiger partial charge in [0.2, 0.25) is 0 Å². The van der Waals surface area contributed by atoms with E-state index in [-0.39, 0.29) is 5.82 Å². The molecule has 0 saturated carbocycles. The molecule has 2 aromatic carbocycles. The molecule has 3 heterocycles. The van der Waals surface area contributed by atoms with Crippen LogP contribution in [-0.4, -0.2) is 44.7 Å². The summed E-state index contributed by atoms with van der Waals surface area (Å²) in [6, 6.07) is 14.5. The van der Waals surface area contributed by atoms with Crippen molar-refractivity contribution in [1.29, 1.82) is 0 Å². The van der Waals surface area contributed by atoms with Gasteiger partial charge in [-0.3, -0.25) is 4.68 Å². The van der Waals surface area contributed by atoms with Crippen molar-refractivity contribution in [2.75, 3.05) is 25.6 Å². The lowest BCUT2D eigenvalue weighted by molar-refractivity contribution is 0.0621. The molecular formula is C24H23FN6O2. The summed E-state index contributed by atoms with van der Waals surface area (Å²) < 4.78 is 27.9. The number of anilines is 2. The number of hydrogen-bond acceptors (Lipinski definition) is 6. The molecule has 33 heavy (non-hydrogen) atoms. The molecule has 0 saturated heterocycles. The van der Waals surface area contributed by atoms with Crippen LogP contribution in [0.15, 0.2) is 67.3 Å². The zero-order valence-corrected chi connectivity index (χ0v) is 18.1. The summed E-state index contributed by atoms with van der Waals surface area (Å²) >= 11 is 0. The van der Waals surface area contributed by atoms with Gasteiger partial charge in [0.15, 0.2) is 5.82 Å². The second kappa shape index (κ2) is 9.35. The first-order chi connectivity index (χ1) is 16.2. The van der Waals surface area contributed by atoms with Gasteiger partial charge >= 0.3 is 0 Å². The second-order valence-corrected chi connectivity index (χ2v) is 7.62. The fraction of sp³-hybridized carbons (Fsp3) is 0.208. The van der Waals surface area contributed by atoms with E-state index in [4.69, 9.17) is 9.47 Å². The van der Waals surface area contributed by atoms with E-state index in [2.05, 4.69) is 20.5 Å². The first-order valence-corrected chi connectivity index (χ1v) is 10.6. The number of fused-ring (bicyclic) bond motifs is 2. The summed E-state index contributed by atoms with van der Waals surface area (Å²) in [5, 5.41) is 13.1. The van der Waals surface area contributed by atoms with Gasteiger partial charge < -0.3 is 14.8 Å². The normalized spacial score (nSPS) is 11.5. The molecule has 5 rings (SSSR count). The zero-order valence-electron chi connectivity index (χ0n) is 18.1. The van der Waals surface area contributed by atoms with Gasteiger partial charge in [-0.05, 0) is 42.0 Å². The predicted molar refractivity (Wildman–Crippen MR) is 123 cm³/mol. The molecule has 168 valence electrons. The number of methoxy groups -OCH3 is 1. The van der Waals surface area contributed by atoms with Gasteiger partial charge in [-0.2, -0.15) is 10.2 Å². The largest absolute Gasteiger partial charge is 0.382 e. The van der Waals surface area contributed by atoms with Crippen LogP contribution in [0.5, 0.6) is 0 Å². The molecule has 0 atom stereocenters. The molecule has 0 aliphatic carbocycles. The van der Waals surface area contributed by atoms with Crippen LogP contribution in [0, 0.1) is 5.82 Å². The molecule has 8 nitrogen and oxygen atoms in total. The molecule has 0 fully saturated rings. The molecule has 0 amide bonds. The van der Waals surface area contributed by atoms with Crippen LogP contribution in [0.25, 0.3) is 16.4 Å². The Labute approximate surface area is 189 Å². The first-order valence-electron chi connectivity index (χ1n) is 10.6. The number of ether oxygens (including phenoxy) is 2. The molecule has 0 unspecified atom stereocenters. The maximum Gasteiger partial charge on any atom is 0.158 e. The van der Waals surface area contributed by atoms with Gasteiger partial charge in [-0.15, -0.1) is 0 Å².